The van der Waals surface area contributed by atoms with Crippen molar-refractivity contribution in [2.75, 3.05) is 6.61 Å². The van der Waals surface area contributed by atoms with E-state index in [1.807, 2.05) is 32.0 Å². The van der Waals surface area contributed by atoms with Gasteiger partial charge in [0.2, 0.25) is 5.91 Å². The second kappa shape index (κ2) is 8.10. The first-order chi connectivity index (χ1) is 11.5. The molecule has 0 saturated carbocycles. The Kier molecular flexibility index (Phi) is 5.89. The van der Waals surface area contributed by atoms with Gasteiger partial charge in [-0.25, -0.2) is 4.39 Å². The Morgan fingerprint density at radius 1 is 0.958 bits per heavy atom. The van der Waals surface area contributed by atoms with Crippen LogP contribution < -0.4 is 15.6 Å². The number of benzene rings is 2. The maximum absolute atomic E-state index is 13.4. The van der Waals surface area contributed by atoms with E-state index in [0.717, 1.165) is 11.1 Å². The van der Waals surface area contributed by atoms with Crippen LogP contribution in [-0.2, 0) is 16.0 Å². The Bertz CT molecular complexity index is 727. The summed E-state index contributed by atoms with van der Waals surface area (Å²) in [5, 5.41) is 0. The van der Waals surface area contributed by atoms with Crippen molar-refractivity contribution in [3.63, 3.8) is 0 Å². The summed E-state index contributed by atoms with van der Waals surface area (Å²) in [4.78, 5) is 23.5. The lowest BCUT2D eigenvalue weighted by atomic mass is 10.1. The summed E-state index contributed by atoms with van der Waals surface area (Å²) < 4.78 is 18.9. The summed E-state index contributed by atoms with van der Waals surface area (Å²) in [5.41, 5.74) is 6.59. The number of nitrogens with one attached hydrogen (secondary N) is 2. The van der Waals surface area contributed by atoms with Crippen LogP contribution in [0.15, 0.2) is 42.5 Å². The quantitative estimate of drug-likeness (QED) is 0.826. The van der Waals surface area contributed by atoms with E-state index < -0.39 is 17.6 Å². The van der Waals surface area contributed by atoms with Gasteiger partial charge in [0.1, 0.15) is 11.6 Å². The second-order valence-corrected chi connectivity index (χ2v) is 5.37. The molecule has 24 heavy (non-hydrogen) atoms. The van der Waals surface area contributed by atoms with Gasteiger partial charge in [0.05, 0.1) is 6.42 Å². The lowest BCUT2D eigenvalue weighted by Gasteiger charge is -2.12. The molecule has 2 aromatic carbocycles. The minimum atomic E-state index is -0.513. The topological polar surface area (TPSA) is 67.4 Å². The van der Waals surface area contributed by atoms with Gasteiger partial charge in [-0.15, -0.1) is 0 Å². The second-order valence-electron chi connectivity index (χ2n) is 5.37. The van der Waals surface area contributed by atoms with Gasteiger partial charge in [0.25, 0.3) is 5.91 Å². The van der Waals surface area contributed by atoms with E-state index in [1.54, 1.807) is 12.1 Å². The zero-order chi connectivity index (χ0) is 17.5. The fourth-order valence-corrected chi connectivity index (χ4v) is 2.20. The summed E-state index contributed by atoms with van der Waals surface area (Å²) in [6, 6.07) is 11.7. The third kappa shape index (κ3) is 4.81. The van der Waals surface area contributed by atoms with Crippen LogP contribution in [0.3, 0.4) is 0 Å². The molecule has 0 heterocycles. The van der Waals surface area contributed by atoms with Crippen LogP contribution in [0.4, 0.5) is 4.39 Å². The fraction of sp³-hybridized carbons (Fsp3) is 0.222. The third-order valence-electron chi connectivity index (χ3n) is 3.41. The van der Waals surface area contributed by atoms with Crippen molar-refractivity contribution >= 4 is 11.8 Å². The van der Waals surface area contributed by atoms with E-state index in [0.29, 0.717) is 5.75 Å². The van der Waals surface area contributed by atoms with Crippen LogP contribution in [0.5, 0.6) is 5.75 Å². The molecule has 0 aromatic heterocycles. The van der Waals surface area contributed by atoms with Gasteiger partial charge >= 0.3 is 0 Å². The predicted octanol–water partition coefficient (Wildman–Crippen LogP) is 2.21. The van der Waals surface area contributed by atoms with Crippen molar-refractivity contribution in [2.24, 2.45) is 0 Å². The molecule has 0 radical (unpaired) electrons. The summed E-state index contributed by atoms with van der Waals surface area (Å²) in [6.45, 7) is 3.54. The number of rotatable bonds is 5. The molecule has 0 aliphatic carbocycles. The molecular weight excluding hydrogens is 311 g/mol. The fourth-order valence-electron chi connectivity index (χ4n) is 2.20. The largest absolute Gasteiger partial charge is 0.483 e. The van der Waals surface area contributed by atoms with Crippen LogP contribution in [-0.4, -0.2) is 18.4 Å². The summed E-state index contributed by atoms with van der Waals surface area (Å²) >= 11 is 0. The Labute approximate surface area is 139 Å². The van der Waals surface area contributed by atoms with Crippen LogP contribution in [0.25, 0.3) is 0 Å². The van der Waals surface area contributed by atoms with E-state index in [4.69, 9.17) is 4.74 Å². The van der Waals surface area contributed by atoms with E-state index in [-0.39, 0.29) is 18.6 Å². The molecule has 2 rings (SSSR count). The summed E-state index contributed by atoms with van der Waals surface area (Å²) in [6.07, 6.45) is -0.162. The lowest BCUT2D eigenvalue weighted by molar-refractivity contribution is -0.129. The first kappa shape index (κ1) is 17.5. The number of halogens is 1. The van der Waals surface area contributed by atoms with Gasteiger partial charge < -0.3 is 4.74 Å². The van der Waals surface area contributed by atoms with Crippen molar-refractivity contribution in [3.8, 4) is 5.75 Å². The van der Waals surface area contributed by atoms with Crippen molar-refractivity contribution in [1.29, 1.82) is 0 Å². The molecule has 0 aliphatic heterocycles. The number of carbonyl (C=O) groups is 2. The number of carbonyl (C=O) groups excluding carboxylic acids is 2. The SMILES string of the molecule is Cc1cccc(C)c1OCC(=O)NNC(=O)Cc1ccccc1F. The first-order valence-electron chi connectivity index (χ1n) is 7.47. The normalized spacial score (nSPS) is 10.1. The van der Waals surface area contributed by atoms with Gasteiger partial charge in [0.15, 0.2) is 6.61 Å². The summed E-state index contributed by atoms with van der Waals surface area (Å²) in [5.74, 6) is -0.831. The average molecular weight is 330 g/mol. The molecular formula is C18H19FN2O3. The zero-order valence-electron chi connectivity index (χ0n) is 13.6. The minimum absolute atomic E-state index is 0.162. The van der Waals surface area contributed by atoms with E-state index in [2.05, 4.69) is 10.9 Å². The number of hydrogen-bond acceptors (Lipinski definition) is 3. The Balaban J connectivity index is 1.79. The highest BCUT2D eigenvalue weighted by molar-refractivity contribution is 5.83. The van der Waals surface area contributed by atoms with Gasteiger partial charge in [-0.1, -0.05) is 36.4 Å². The Hall–Kier alpha value is -2.89. The number of amides is 2. The average Bonchev–Trinajstić information content (AvgIpc) is 2.54. The number of ether oxygens (including phenoxy) is 1. The Morgan fingerprint density at radius 2 is 1.58 bits per heavy atom. The number of hydrazine groups is 1. The van der Waals surface area contributed by atoms with Crippen molar-refractivity contribution < 1.29 is 18.7 Å². The highest BCUT2D eigenvalue weighted by Crippen LogP contribution is 2.21. The maximum Gasteiger partial charge on any atom is 0.276 e. The molecule has 0 fully saturated rings. The molecule has 0 aliphatic rings. The molecule has 126 valence electrons. The van der Waals surface area contributed by atoms with Gasteiger partial charge in [-0.2, -0.15) is 0 Å². The Morgan fingerprint density at radius 3 is 2.25 bits per heavy atom. The molecule has 2 amide bonds. The van der Waals surface area contributed by atoms with Gasteiger partial charge in [0, 0.05) is 0 Å². The lowest BCUT2D eigenvalue weighted by Crippen LogP contribution is -2.44. The zero-order valence-corrected chi connectivity index (χ0v) is 13.6. The molecule has 0 atom stereocenters. The number of hydrogen-bond donors (Lipinski definition) is 2. The van der Waals surface area contributed by atoms with Gasteiger partial charge in [-0.05, 0) is 36.6 Å². The van der Waals surface area contributed by atoms with Gasteiger partial charge in [-0.3, -0.25) is 20.4 Å². The molecule has 2 aromatic rings. The van der Waals surface area contributed by atoms with Crippen molar-refractivity contribution in [3.05, 3.63) is 65.0 Å². The molecule has 6 heteroatoms. The number of aryl methyl sites for hydroxylation is 2. The highest BCUT2D eigenvalue weighted by atomic mass is 19.1. The monoisotopic (exact) mass is 330 g/mol. The van der Waals surface area contributed by atoms with Crippen molar-refractivity contribution in [1.82, 2.24) is 10.9 Å². The van der Waals surface area contributed by atoms with Crippen LogP contribution in [0.2, 0.25) is 0 Å². The van der Waals surface area contributed by atoms with E-state index >= 15 is 0 Å². The maximum atomic E-state index is 13.4. The summed E-state index contributed by atoms with van der Waals surface area (Å²) in [7, 11) is 0. The molecule has 0 bridgehead atoms. The van der Waals surface area contributed by atoms with Crippen molar-refractivity contribution in [2.45, 2.75) is 20.3 Å². The highest BCUT2D eigenvalue weighted by Gasteiger charge is 2.10. The first-order valence-corrected chi connectivity index (χ1v) is 7.47. The molecule has 5 nitrogen and oxygen atoms in total. The number of para-hydroxylation sites is 1. The molecule has 0 saturated heterocycles. The minimum Gasteiger partial charge on any atom is -0.483 e. The van der Waals surface area contributed by atoms with E-state index in [9.17, 15) is 14.0 Å². The standard InChI is InChI=1S/C18H19FN2O3/c1-12-6-5-7-13(2)18(12)24-11-17(23)21-20-16(22)10-14-8-3-4-9-15(14)19/h3-9H,10-11H2,1-2H3,(H,20,22)(H,21,23). The predicted molar refractivity (Wildman–Crippen MR) is 87.8 cm³/mol. The van der Waals surface area contributed by atoms with Crippen LogP contribution >= 0.6 is 0 Å². The van der Waals surface area contributed by atoms with E-state index in [1.165, 1.54) is 12.1 Å². The molecule has 2 N–H and O–H groups in total. The molecule has 0 spiro atoms. The third-order valence-corrected chi connectivity index (χ3v) is 3.41. The van der Waals surface area contributed by atoms with Crippen LogP contribution in [0.1, 0.15) is 16.7 Å². The van der Waals surface area contributed by atoms with Crippen LogP contribution in [0, 0.1) is 19.7 Å². The molecule has 0 unspecified atom stereocenters. The smallest absolute Gasteiger partial charge is 0.276 e.